The summed E-state index contributed by atoms with van der Waals surface area (Å²) in [6.07, 6.45) is 1.55. The third-order valence-electron chi connectivity index (χ3n) is 8.10. The van der Waals surface area contributed by atoms with Crippen molar-refractivity contribution >= 4 is 23.1 Å². The molecule has 2 saturated heterocycles. The summed E-state index contributed by atoms with van der Waals surface area (Å²) in [5.41, 5.74) is 2.55. The fourth-order valence-electron chi connectivity index (χ4n) is 5.81. The molecule has 7 unspecified atom stereocenters. The Morgan fingerprint density at radius 3 is 2.67 bits per heavy atom. The van der Waals surface area contributed by atoms with Crippen LogP contribution in [-0.4, -0.2) is 94.8 Å². The quantitative estimate of drug-likeness (QED) is 0.625. The second-order valence-electron chi connectivity index (χ2n) is 10.5. The van der Waals surface area contributed by atoms with Crippen LogP contribution in [0.4, 0.5) is 23.5 Å². The normalized spacial score (nSPS) is 36.1. The number of fused-ring (bicyclic) bond motifs is 1. The molecule has 7 nitrogen and oxygen atoms in total. The molecule has 0 spiro atoms. The first-order valence-electron chi connectivity index (χ1n) is 12.6. The molecule has 0 amide bonds. The van der Waals surface area contributed by atoms with Gasteiger partial charge in [-0.25, -0.2) is 27.5 Å². The van der Waals surface area contributed by atoms with Crippen molar-refractivity contribution in [2.75, 3.05) is 31.6 Å². The summed E-state index contributed by atoms with van der Waals surface area (Å²) in [5.74, 6) is -2.61. The van der Waals surface area contributed by atoms with Gasteiger partial charge in [-0.3, -0.25) is 9.91 Å². The molecule has 11 heteroatoms. The monoisotopic (exact) mass is 506 g/mol. The fourth-order valence-corrected chi connectivity index (χ4v) is 5.81. The van der Waals surface area contributed by atoms with Crippen LogP contribution in [0.3, 0.4) is 0 Å². The average Bonchev–Trinajstić information content (AvgIpc) is 3.12. The van der Waals surface area contributed by atoms with Gasteiger partial charge in [0.15, 0.2) is 0 Å². The van der Waals surface area contributed by atoms with E-state index >= 15 is 4.39 Å². The number of anilines is 1. The van der Waals surface area contributed by atoms with Gasteiger partial charge >= 0.3 is 0 Å². The topological polar surface area (TPSA) is 65.9 Å². The van der Waals surface area contributed by atoms with Crippen LogP contribution in [-0.2, 0) is 4.74 Å². The maximum atomic E-state index is 15.4. The van der Waals surface area contributed by atoms with Gasteiger partial charge < -0.3 is 10.1 Å². The molecule has 1 N–H and O–H groups in total. The van der Waals surface area contributed by atoms with Gasteiger partial charge in [0.2, 0.25) is 5.95 Å². The Kier molecular flexibility index (Phi) is 5.82. The van der Waals surface area contributed by atoms with Crippen LogP contribution in [0.15, 0.2) is 23.4 Å². The van der Waals surface area contributed by atoms with Gasteiger partial charge in [-0.15, -0.1) is 0 Å². The van der Waals surface area contributed by atoms with Crippen LogP contribution in [0.25, 0.3) is 10.9 Å². The fraction of sp³-hybridized carbons (Fsp3) is 0.640. The highest BCUT2D eigenvalue weighted by Gasteiger charge is 2.62. The zero-order valence-corrected chi connectivity index (χ0v) is 20.2. The maximum Gasteiger partial charge on any atom is 0.272 e. The molecule has 4 aliphatic rings. The Balaban J connectivity index is 1.18. The van der Waals surface area contributed by atoms with E-state index in [2.05, 4.69) is 20.4 Å². The highest BCUT2D eigenvalue weighted by atomic mass is 19.3. The number of likely N-dealkylation sites (tertiary alicyclic amines) is 1. The van der Waals surface area contributed by atoms with Gasteiger partial charge in [0, 0.05) is 36.7 Å². The molecule has 2 aromatic rings. The number of piperidine rings is 1. The van der Waals surface area contributed by atoms with Crippen LogP contribution in [0.1, 0.15) is 36.8 Å². The minimum atomic E-state index is -2.68. The van der Waals surface area contributed by atoms with Crippen molar-refractivity contribution in [3.8, 4) is 0 Å². The zero-order chi connectivity index (χ0) is 25.2. The van der Waals surface area contributed by atoms with Crippen LogP contribution in [0.5, 0.6) is 0 Å². The Hall–Kier alpha value is -2.53. The van der Waals surface area contributed by atoms with Crippen molar-refractivity contribution in [3.05, 3.63) is 29.5 Å². The number of halogens is 4. The molecule has 36 heavy (non-hydrogen) atoms. The van der Waals surface area contributed by atoms with E-state index in [4.69, 9.17) is 4.74 Å². The van der Waals surface area contributed by atoms with E-state index in [1.54, 1.807) is 12.4 Å². The Morgan fingerprint density at radius 2 is 1.97 bits per heavy atom. The maximum absolute atomic E-state index is 15.4. The van der Waals surface area contributed by atoms with Crippen LogP contribution < -0.4 is 5.32 Å². The van der Waals surface area contributed by atoms with Crippen molar-refractivity contribution < 1.29 is 22.3 Å². The zero-order valence-electron chi connectivity index (χ0n) is 20.2. The second kappa shape index (κ2) is 8.79. The summed E-state index contributed by atoms with van der Waals surface area (Å²) in [5, 5.41) is 9.68. The predicted molar refractivity (Wildman–Crippen MR) is 128 cm³/mol. The number of hydrogen-bond donors (Lipinski definition) is 1. The van der Waals surface area contributed by atoms with Crippen molar-refractivity contribution in [3.63, 3.8) is 0 Å². The molecule has 0 bridgehead atoms. The standard InChI is InChI=1S/C25H30F4N6O/c1-13-5-15-8-30-24(33-21-9-31-35(14(21)2)23-7-25(23,28)29)32-20(15)6-17(13)16-3-4-34(10-18(16)26)22-12-36-11-19(22)27/h5-6,8-9,14,16,18-19,21-23H,3-4,7,10-12H2,1-2H3,(H,30,32,33). The number of rotatable bonds is 5. The van der Waals surface area contributed by atoms with Crippen molar-refractivity contribution in [1.82, 2.24) is 19.9 Å². The molecule has 3 aliphatic heterocycles. The number of aromatic nitrogens is 2. The van der Waals surface area contributed by atoms with Crippen molar-refractivity contribution in [2.45, 2.75) is 75.0 Å². The highest BCUT2D eigenvalue weighted by molar-refractivity contribution is 5.81. The summed E-state index contributed by atoms with van der Waals surface area (Å²) in [6, 6.07) is 2.10. The summed E-state index contributed by atoms with van der Waals surface area (Å²) in [4.78, 5) is 10.9. The summed E-state index contributed by atoms with van der Waals surface area (Å²) < 4.78 is 61.7. The predicted octanol–water partition coefficient (Wildman–Crippen LogP) is 3.68. The number of aryl methyl sites for hydroxylation is 1. The van der Waals surface area contributed by atoms with Gasteiger partial charge in [0.25, 0.3) is 5.92 Å². The van der Waals surface area contributed by atoms with E-state index < -0.39 is 24.3 Å². The first kappa shape index (κ1) is 23.8. The van der Waals surface area contributed by atoms with E-state index in [1.807, 2.05) is 30.9 Å². The molecule has 1 saturated carbocycles. The summed E-state index contributed by atoms with van der Waals surface area (Å²) in [7, 11) is 0. The molecule has 1 aromatic carbocycles. The molecular weight excluding hydrogens is 476 g/mol. The summed E-state index contributed by atoms with van der Waals surface area (Å²) >= 11 is 0. The third-order valence-corrected chi connectivity index (χ3v) is 8.10. The lowest BCUT2D eigenvalue weighted by atomic mass is 9.84. The van der Waals surface area contributed by atoms with Gasteiger partial charge in [0.1, 0.15) is 18.4 Å². The first-order valence-corrected chi connectivity index (χ1v) is 12.6. The van der Waals surface area contributed by atoms with E-state index in [9.17, 15) is 13.2 Å². The minimum Gasteiger partial charge on any atom is -0.377 e. The lowest BCUT2D eigenvalue weighted by molar-refractivity contribution is 0.0581. The van der Waals surface area contributed by atoms with Crippen LogP contribution >= 0.6 is 0 Å². The lowest BCUT2D eigenvalue weighted by Gasteiger charge is -2.38. The number of nitrogens with one attached hydrogen (secondary N) is 1. The number of hydrogen-bond acceptors (Lipinski definition) is 7. The van der Waals surface area contributed by atoms with Crippen LogP contribution in [0, 0.1) is 6.92 Å². The number of hydrazone groups is 1. The second-order valence-corrected chi connectivity index (χ2v) is 10.5. The minimum absolute atomic E-state index is 0.0813. The molecular formula is C25H30F4N6O. The Bertz CT molecular complexity index is 1180. The van der Waals surface area contributed by atoms with Crippen LogP contribution in [0.2, 0.25) is 0 Å². The van der Waals surface area contributed by atoms with Gasteiger partial charge in [0.05, 0.1) is 36.9 Å². The molecule has 4 heterocycles. The Morgan fingerprint density at radius 1 is 1.17 bits per heavy atom. The van der Waals surface area contributed by atoms with E-state index in [-0.39, 0.29) is 43.6 Å². The van der Waals surface area contributed by atoms with Crippen molar-refractivity contribution in [1.29, 1.82) is 0 Å². The lowest BCUT2D eigenvalue weighted by Crippen LogP contribution is -2.49. The molecule has 0 radical (unpaired) electrons. The summed E-state index contributed by atoms with van der Waals surface area (Å²) in [6.45, 7) is 4.99. The largest absolute Gasteiger partial charge is 0.377 e. The smallest absolute Gasteiger partial charge is 0.272 e. The average molecular weight is 507 g/mol. The third kappa shape index (κ3) is 4.19. The molecule has 194 valence electrons. The first-order chi connectivity index (χ1) is 17.2. The van der Waals surface area contributed by atoms with Gasteiger partial charge in [-0.05, 0) is 50.1 Å². The van der Waals surface area contributed by atoms with E-state index in [0.29, 0.717) is 31.0 Å². The number of ether oxygens (including phenoxy) is 1. The molecule has 3 fully saturated rings. The Labute approximate surface area is 206 Å². The highest BCUT2D eigenvalue weighted by Crippen LogP contribution is 2.47. The van der Waals surface area contributed by atoms with E-state index in [1.165, 1.54) is 5.01 Å². The molecule has 7 atom stereocenters. The number of nitrogens with zero attached hydrogens (tertiary/aromatic N) is 5. The number of alkyl halides is 4. The SMILES string of the molecule is Cc1cc2cnc(NC3C=NN(C4CC4(F)F)C3C)nc2cc1C1CCN(C2COCC2F)CC1F. The van der Waals surface area contributed by atoms with Gasteiger partial charge in [-0.1, -0.05) is 0 Å². The molecule has 1 aromatic heterocycles. The molecule has 1 aliphatic carbocycles. The van der Waals surface area contributed by atoms with Crippen molar-refractivity contribution in [2.24, 2.45) is 5.10 Å². The molecule has 6 rings (SSSR count). The number of benzene rings is 1. The van der Waals surface area contributed by atoms with Gasteiger partial charge in [-0.2, -0.15) is 5.10 Å². The van der Waals surface area contributed by atoms with E-state index in [0.717, 1.165) is 16.5 Å².